The quantitative estimate of drug-likeness (QED) is 0.757. The highest BCUT2D eigenvalue weighted by Crippen LogP contribution is 2.29. The summed E-state index contributed by atoms with van der Waals surface area (Å²) in [5.41, 5.74) is 1.89. The summed E-state index contributed by atoms with van der Waals surface area (Å²) in [4.78, 5) is 49.6. The Morgan fingerprint density at radius 1 is 1.00 bits per heavy atom. The van der Waals surface area contributed by atoms with Crippen molar-refractivity contribution in [3.05, 3.63) is 54.1 Å². The number of hydrogen-bond donors (Lipinski definition) is 2. The SMILES string of the molecule is COC(=O)c1ccccc1N1CC(C(=O)Nc2ccc(NC(C)=O)cc2)CC1=O. The monoisotopic (exact) mass is 395 g/mol. The second-order valence-corrected chi connectivity index (χ2v) is 6.66. The molecule has 1 aliphatic heterocycles. The van der Waals surface area contributed by atoms with Gasteiger partial charge in [0.15, 0.2) is 0 Å². The number of carbonyl (C=O) groups is 4. The normalized spacial score (nSPS) is 15.7. The van der Waals surface area contributed by atoms with Crippen LogP contribution in [0.25, 0.3) is 0 Å². The molecule has 0 bridgehead atoms. The van der Waals surface area contributed by atoms with Crippen molar-refractivity contribution >= 4 is 40.8 Å². The van der Waals surface area contributed by atoms with Crippen LogP contribution in [-0.2, 0) is 19.1 Å². The number of nitrogens with zero attached hydrogens (tertiary/aromatic N) is 1. The molecule has 0 aliphatic carbocycles. The highest BCUT2D eigenvalue weighted by Gasteiger charge is 2.36. The molecule has 1 fully saturated rings. The van der Waals surface area contributed by atoms with Crippen LogP contribution in [0, 0.1) is 5.92 Å². The molecule has 2 aromatic rings. The summed E-state index contributed by atoms with van der Waals surface area (Å²) in [6.07, 6.45) is 0.0469. The summed E-state index contributed by atoms with van der Waals surface area (Å²) in [5, 5.41) is 5.43. The Morgan fingerprint density at radius 2 is 1.62 bits per heavy atom. The fourth-order valence-corrected chi connectivity index (χ4v) is 3.19. The van der Waals surface area contributed by atoms with Gasteiger partial charge in [-0.1, -0.05) is 12.1 Å². The first-order valence-electron chi connectivity index (χ1n) is 9.05. The summed E-state index contributed by atoms with van der Waals surface area (Å²) in [7, 11) is 1.28. The van der Waals surface area contributed by atoms with E-state index < -0.39 is 11.9 Å². The van der Waals surface area contributed by atoms with E-state index in [9.17, 15) is 19.2 Å². The van der Waals surface area contributed by atoms with Gasteiger partial charge in [-0.05, 0) is 36.4 Å². The number of hydrogen-bond acceptors (Lipinski definition) is 5. The maximum absolute atomic E-state index is 12.6. The minimum Gasteiger partial charge on any atom is -0.465 e. The lowest BCUT2D eigenvalue weighted by atomic mass is 10.1. The fourth-order valence-electron chi connectivity index (χ4n) is 3.19. The zero-order valence-electron chi connectivity index (χ0n) is 16.1. The number of rotatable bonds is 5. The number of carbonyl (C=O) groups excluding carboxylic acids is 4. The maximum atomic E-state index is 12.6. The van der Waals surface area contributed by atoms with E-state index in [1.165, 1.54) is 18.9 Å². The van der Waals surface area contributed by atoms with E-state index in [2.05, 4.69) is 10.6 Å². The third-order valence-electron chi connectivity index (χ3n) is 4.57. The smallest absolute Gasteiger partial charge is 0.339 e. The molecule has 3 amide bonds. The van der Waals surface area contributed by atoms with E-state index in [0.717, 1.165) is 0 Å². The topological polar surface area (TPSA) is 105 Å². The number of anilines is 3. The van der Waals surface area contributed by atoms with Crippen molar-refractivity contribution in [2.75, 3.05) is 29.2 Å². The van der Waals surface area contributed by atoms with Crippen LogP contribution in [0.5, 0.6) is 0 Å². The van der Waals surface area contributed by atoms with Gasteiger partial charge in [0.25, 0.3) is 0 Å². The zero-order valence-corrected chi connectivity index (χ0v) is 16.1. The van der Waals surface area contributed by atoms with Crippen LogP contribution >= 0.6 is 0 Å². The van der Waals surface area contributed by atoms with Crippen LogP contribution < -0.4 is 15.5 Å². The van der Waals surface area contributed by atoms with Crippen LogP contribution in [0.3, 0.4) is 0 Å². The Bertz CT molecular complexity index is 955. The van der Waals surface area contributed by atoms with Crippen molar-refractivity contribution in [3.63, 3.8) is 0 Å². The predicted molar refractivity (Wildman–Crippen MR) is 108 cm³/mol. The van der Waals surface area contributed by atoms with Crippen molar-refractivity contribution < 1.29 is 23.9 Å². The van der Waals surface area contributed by atoms with E-state index in [1.807, 2.05) is 0 Å². The van der Waals surface area contributed by atoms with Gasteiger partial charge in [-0.2, -0.15) is 0 Å². The summed E-state index contributed by atoms with van der Waals surface area (Å²) >= 11 is 0. The molecule has 1 saturated heterocycles. The van der Waals surface area contributed by atoms with Gasteiger partial charge >= 0.3 is 5.97 Å². The van der Waals surface area contributed by atoms with Gasteiger partial charge in [-0.15, -0.1) is 0 Å². The fraction of sp³-hybridized carbons (Fsp3) is 0.238. The lowest BCUT2D eigenvalue weighted by Gasteiger charge is -2.19. The first-order chi connectivity index (χ1) is 13.9. The molecule has 1 atom stereocenters. The number of para-hydroxylation sites is 1. The number of methoxy groups -OCH3 is 1. The third-order valence-corrected chi connectivity index (χ3v) is 4.57. The summed E-state index contributed by atoms with van der Waals surface area (Å²) in [6.45, 7) is 1.58. The molecule has 3 rings (SSSR count). The highest BCUT2D eigenvalue weighted by molar-refractivity contribution is 6.07. The van der Waals surface area contributed by atoms with Crippen LogP contribution in [0.4, 0.5) is 17.1 Å². The Labute approximate surface area is 167 Å². The van der Waals surface area contributed by atoms with E-state index in [0.29, 0.717) is 17.1 Å². The van der Waals surface area contributed by atoms with Gasteiger partial charge in [0.1, 0.15) is 0 Å². The van der Waals surface area contributed by atoms with Crippen LogP contribution in [0.1, 0.15) is 23.7 Å². The molecular weight excluding hydrogens is 374 g/mol. The van der Waals surface area contributed by atoms with Crippen molar-refractivity contribution in [2.24, 2.45) is 5.92 Å². The first-order valence-corrected chi connectivity index (χ1v) is 9.05. The summed E-state index contributed by atoms with van der Waals surface area (Å²) < 4.78 is 4.78. The highest BCUT2D eigenvalue weighted by atomic mass is 16.5. The van der Waals surface area contributed by atoms with Crippen molar-refractivity contribution in [1.82, 2.24) is 0 Å². The minimum atomic E-state index is -0.553. The number of esters is 1. The molecule has 150 valence electrons. The molecule has 0 aromatic heterocycles. The molecular formula is C21H21N3O5. The molecule has 1 aliphatic rings. The average Bonchev–Trinajstić information content (AvgIpc) is 3.10. The largest absolute Gasteiger partial charge is 0.465 e. The lowest BCUT2D eigenvalue weighted by Crippen LogP contribution is -2.29. The molecule has 2 N–H and O–H groups in total. The van der Waals surface area contributed by atoms with Gasteiger partial charge < -0.3 is 20.3 Å². The van der Waals surface area contributed by atoms with E-state index in [-0.39, 0.29) is 36.3 Å². The van der Waals surface area contributed by atoms with E-state index in [1.54, 1.807) is 48.5 Å². The molecule has 8 heteroatoms. The second kappa shape index (κ2) is 8.55. The van der Waals surface area contributed by atoms with E-state index >= 15 is 0 Å². The molecule has 0 radical (unpaired) electrons. The molecule has 0 spiro atoms. The summed E-state index contributed by atoms with van der Waals surface area (Å²) in [6, 6.07) is 13.3. The number of ether oxygens (including phenoxy) is 1. The Kier molecular flexibility index (Phi) is 5.92. The average molecular weight is 395 g/mol. The Balaban J connectivity index is 1.70. The van der Waals surface area contributed by atoms with Gasteiger partial charge in [0, 0.05) is 31.3 Å². The van der Waals surface area contributed by atoms with Gasteiger partial charge in [0.05, 0.1) is 24.3 Å². The Morgan fingerprint density at radius 3 is 2.24 bits per heavy atom. The maximum Gasteiger partial charge on any atom is 0.339 e. The molecule has 8 nitrogen and oxygen atoms in total. The molecule has 1 heterocycles. The first kappa shape index (κ1) is 20.1. The standard InChI is InChI=1S/C21H21N3O5/c1-13(25)22-15-7-9-16(10-8-15)23-20(27)14-11-19(26)24(12-14)18-6-4-3-5-17(18)21(28)29-2/h3-10,14H,11-12H2,1-2H3,(H,22,25)(H,23,27). The predicted octanol–water partition coefficient (Wildman–Crippen LogP) is 2.42. The second-order valence-electron chi connectivity index (χ2n) is 6.66. The molecule has 1 unspecified atom stereocenters. The van der Waals surface area contributed by atoms with Crippen molar-refractivity contribution in [3.8, 4) is 0 Å². The Hall–Kier alpha value is -3.68. The van der Waals surface area contributed by atoms with Crippen LogP contribution in [0.2, 0.25) is 0 Å². The summed E-state index contributed by atoms with van der Waals surface area (Å²) in [5.74, 6) is -1.80. The molecule has 29 heavy (non-hydrogen) atoms. The number of nitrogens with one attached hydrogen (secondary N) is 2. The van der Waals surface area contributed by atoms with Crippen LogP contribution in [-0.4, -0.2) is 37.3 Å². The zero-order chi connectivity index (χ0) is 21.0. The molecule has 2 aromatic carbocycles. The van der Waals surface area contributed by atoms with Gasteiger partial charge in [0.2, 0.25) is 17.7 Å². The van der Waals surface area contributed by atoms with Crippen molar-refractivity contribution in [2.45, 2.75) is 13.3 Å². The minimum absolute atomic E-state index is 0.0469. The van der Waals surface area contributed by atoms with Crippen LogP contribution in [0.15, 0.2) is 48.5 Å². The van der Waals surface area contributed by atoms with Crippen molar-refractivity contribution in [1.29, 1.82) is 0 Å². The van der Waals surface area contributed by atoms with Gasteiger partial charge in [-0.3, -0.25) is 14.4 Å². The third kappa shape index (κ3) is 4.60. The van der Waals surface area contributed by atoms with Gasteiger partial charge in [-0.25, -0.2) is 4.79 Å². The van der Waals surface area contributed by atoms with E-state index in [4.69, 9.17) is 4.74 Å². The molecule has 0 saturated carbocycles. The lowest BCUT2D eigenvalue weighted by molar-refractivity contribution is -0.122. The number of amides is 3. The number of benzene rings is 2.